The molecule has 2 atom stereocenters. The zero-order valence-corrected chi connectivity index (χ0v) is 10.5. The topological polar surface area (TPSA) is 23.5 Å². The summed E-state index contributed by atoms with van der Waals surface area (Å²) < 4.78 is 0. The van der Waals surface area contributed by atoms with Crippen molar-refractivity contribution in [1.29, 1.82) is 0 Å². The fourth-order valence-electron chi connectivity index (χ4n) is 2.20. The predicted octanol–water partition coefficient (Wildman–Crippen LogP) is 2.92. The molecular weight excluding hydrogens is 222 g/mol. The van der Waals surface area contributed by atoms with Crippen LogP contribution in [0.1, 0.15) is 19.4 Å². The van der Waals surface area contributed by atoms with Crippen molar-refractivity contribution in [3.05, 3.63) is 28.8 Å². The zero-order valence-electron chi connectivity index (χ0n) is 9.78. The van der Waals surface area contributed by atoms with Crippen LogP contribution in [-0.4, -0.2) is 18.2 Å². The second-order valence-corrected chi connectivity index (χ2v) is 5.20. The van der Waals surface area contributed by atoms with Gasteiger partial charge in [-0.2, -0.15) is 0 Å². The molecule has 0 bridgehead atoms. The van der Waals surface area contributed by atoms with Gasteiger partial charge in [0.05, 0.1) is 6.61 Å². The number of hydrogen-bond acceptors (Lipinski definition) is 2. The van der Waals surface area contributed by atoms with E-state index in [9.17, 15) is 0 Å². The van der Waals surface area contributed by atoms with Crippen LogP contribution in [0.5, 0.6) is 0 Å². The van der Waals surface area contributed by atoms with Crippen molar-refractivity contribution in [3.63, 3.8) is 0 Å². The molecule has 0 saturated carbocycles. The minimum absolute atomic E-state index is 0.00587. The molecule has 0 aromatic heterocycles. The first-order valence-corrected chi connectivity index (χ1v) is 6.14. The summed E-state index contributed by atoms with van der Waals surface area (Å²) >= 11 is 6.09. The SMILES string of the molecule is CC1CN(c2ccc(CO)c(Cl)c2)CC1C. The molecule has 2 rings (SSSR count). The van der Waals surface area contributed by atoms with Crippen LogP contribution < -0.4 is 4.90 Å². The van der Waals surface area contributed by atoms with Gasteiger partial charge in [-0.3, -0.25) is 0 Å². The Balaban J connectivity index is 2.19. The first-order valence-electron chi connectivity index (χ1n) is 5.76. The van der Waals surface area contributed by atoms with E-state index < -0.39 is 0 Å². The molecule has 1 heterocycles. The maximum Gasteiger partial charge on any atom is 0.0696 e. The highest BCUT2D eigenvalue weighted by Gasteiger charge is 2.26. The number of nitrogens with zero attached hydrogens (tertiary/aromatic N) is 1. The molecule has 2 unspecified atom stereocenters. The van der Waals surface area contributed by atoms with Crippen LogP contribution in [0.15, 0.2) is 18.2 Å². The van der Waals surface area contributed by atoms with E-state index in [2.05, 4.69) is 18.7 Å². The quantitative estimate of drug-likeness (QED) is 0.858. The Kier molecular flexibility index (Phi) is 3.41. The normalized spacial score (nSPS) is 25.1. The van der Waals surface area contributed by atoms with Gasteiger partial charge in [-0.1, -0.05) is 31.5 Å². The highest BCUT2D eigenvalue weighted by atomic mass is 35.5. The van der Waals surface area contributed by atoms with Crippen LogP contribution in [-0.2, 0) is 6.61 Å². The van der Waals surface area contributed by atoms with E-state index in [0.717, 1.165) is 30.5 Å². The summed E-state index contributed by atoms with van der Waals surface area (Å²) in [6.45, 7) is 6.76. The van der Waals surface area contributed by atoms with Gasteiger partial charge in [0.2, 0.25) is 0 Å². The van der Waals surface area contributed by atoms with E-state index >= 15 is 0 Å². The summed E-state index contributed by atoms with van der Waals surface area (Å²) in [6, 6.07) is 5.91. The van der Waals surface area contributed by atoms with Gasteiger partial charge in [0.25, 0.3) is 0 Å². The summed E-state index contributed by atoms with van der Waals surface area (Å²) in [4.78, 5) is 2.36. The molecule has 16 heavy (non-hydrogen) atoms. The minimum atomic E-state index is 0.00587. The van der Waals surface area contributed by atoms with Crippen LogP contribution in [0.3, 0.4) is 0 Å². The third-order valence-corrected chi connectivity index (χ3v) is 3.91. The second-order valence-electron chi connectivity index (χ2n) is 4.79. The van der Waals surface area contributed by atoms with Gasteiger partial charge in [0, 0.05) is 23.8 Å². The van der Waals surface area contributed by atoms with Gasteiger partial charge in [-0.05, 0) is 29.5 Å². The molecule has 0 spiro atoms. The van der Waals surface area contributed by atoms with Gasteiger partial charge in [0.1, 0.15) is 0 Å². The molecule has 0 aliphatic carbocycles. The monoisotopic (exact) mass is 239 g/mol. The summed E-state index contributed by atoms with van der Waals surface area (Å²) in [6.07, 6.45) is 0. The van der Waals surface area contributed by atoms with E-state index in [4.69, 9.17) is 16.7 Å². The Morgan fingerprint density at radius 1 is 1.31 bits per heavy atom. The van der Waals surface area contributed by atoms with Gasteiger partial charge in [0.15, 0.2) is 0 Å². The number of anilines is 1. The van der Waals surface area contributed by atoms with Crippen molar-refractivity contribution in [1.82, 2.24) is 0 Å². The van der Waals surface area contributed by atoms with Crippen molar-refractivity contribution in [2.75, 3.05) is 18.0 Å². The Bertz CT molecular complexity index is 370. The third-order valence-electron chi connectivity index (χ3n) is 3.56. The van der Waals surface area contributed by atoms with E-state index in [0.29, 0.717) is 5.02 Å². The lowest BCUT2D eigenvalue weighted by Gasteiger charge is -2.19. The number of benzene rings is 1. The summed E-state index contributed by atoms with van der Waals surface area (Å²) in [5, 5.41) is 9.72. The van der Waals surface area contributed by atoms with Crippen LogP contribution in [0.4, 0.5) is 5.69 Å². The molecule has 2 nitrogen and oxygen atoms in total. The highest BCUT2D eigenvalue weighted by molar-refractivity contribution is 6.31. The summed E-state index contributed by atoms with van der Waals surface area (Å²) in [5.41, 5.74) is 1.96. The van der Waals surface area contributed by atoms with E-state index in [-0.39, 0.29) is 6.61 Å². The Hall–Kier alpha value is -0.730. The fourth-order valence-corrected chi connectivity index (χ4v) is 2.44. The number of aliphatic hydroxyl groups excluding tert-OH is 1. The Morgan fingerprint density at radius 3 is 2.44 bits per heavy atom. The zero-order chi connectivity index (χ0) is 11.7. The molecule has 1 aliphatic heterocycles. The number of hydrogen-bond donors (Lipinski definition) is 1. The molecule has 88 valence electrons. The highest BCUT2D eigenvalue weighted by Crippen LogP contribution is 2.30. The molecule has 0 amide bonds. The Labute approximate surface area is 102 Å². The molecule has 1 N–H and O–H groups in total. The van der Waals surface area contributed by atoms with Crippen LogP contribution >= 0.6 is 11.6 Å². The summed E-state index contributed by atoms with van der Waals surface area (Å²) in [7, 11) is 0. The van der Waals surface area contributed by atoms with E-state index in [1.807, 2.05) is 18.2 Å². The average molecular weight is 240 g/mol. The van der Waals surface area contributed by atoms with Crippen molar-refractivity contribution < 1.29 is 5.11 Å². The molecular formula is C13H18ClNO. The lowest BCUT2D eigenvalue weighted by molar-refractivity contribution is 0.282. The summed E-state index contributed by atoms with van der Waals surface area (Å²) in [5.74, 6) is 1.47. The predicted molar refractivity (Wildman–Crippen MR) is 67.9 cm³/mol. The fraction of sp³-hybridized carbons (Fsp3) is 0.538. The molecule has 1 aromatic rings. The largest absolute Gasteiger partial charge is 0.392 e. The number of halogens is 1. The Morgan fingerprint density at radius 2 is 1.94 bits per heavy atom. The first kappa shape index (κ1) is 11.7. The number of aliphatic hydroxyl groups is 1. The molecule has 0 radical (unpaired) electrons. The van der Waals surface area contributed by atoms with E-state index in [1.54, 1.807) is 0 Å². The van der Waals surface area contributed by atoms with Crippen molar-refractivity contribution in [3.8, 4) is 0 Å². The lowest BCUT2D eigenvalue weighted by Crippen LogP contribution is -2.19. The van der Waals surface area contributed by atoms with Crippen LogP contribution in [0.25, 0.3) is 0 Å². The first-order chi connectivity index (χ1) is 7.61. The smallest absolute Gasteiger partial charge is 0.0696 e. The molecule has 1 saturated heterocycles. The third kappa shape index (κ3) is 2.18. The van der Waals surface area contributed by atoms with Crippen LogP contribution in [0.2, 0.25) is 5.02 Å². The van der Waals surface area contributed by atoms with Gasteiger partial charge < -0.3 is 10.0 Å². The van der Waals surface area contributed by atoms with Crippen LogP contribution in [0, 0.1) is 11.8 Å². The molecule has 1 fully saturated rings. The molecule has 3 heteroatoms. The lowest BCUT2D eigenvalue weighted by atomic mass is 10.0. The van der Waals surface area contributed by atoms with Gasteiger partial charge in [-0.15, -0.1) is 0 Å². The van der Waals surface area contributed by atoms with Crippen molar-refractivity contribution >= 4 is 17.3 Å². The van der Waals surface area contributed by atoms with Gasteiger partial charge in [-0.25, -0.2) is 0 Å². The molecule has 1 aliphatic rings. The van der Waals surface area contributed by atoms with Crippen molar-refractivity contribution in [2.45, 2.75) is 20.5 Å². The minimum Gasteiger partial charge on any atom is -0.392 e. The van der Waals surface area contributed by atoms with Crippen molar-refractivity contribution in [2.24, 2.45) is 11.8 Å². The maximum atomic E-state index is 9.06. The van der Waals surface area contributed by atoms with Gasteiger partial charge >= 0.3 is 0 Å². The maximum absolute atomic E-state index is 9.06. The second kappa shape index (κ2) is 4.64. The molecule has 1 aromatic carbocycles. The average Bonchev–Trinajstić information content (AvgIpc) is 2.59. The number of rotatable bonds is 2. The van der Waals surface area contributed by atoms with E-state index in [1.165, 1.54) is 5.69 Å². The standard InChI is InChI=1S/C13H18ClNO/c1-9-6-15(7-10(9)2)12-4-3-11(8-16)13(14)5-12/h3-5,9-10,16H,6-8H2,1-2H3.